The Bertz CT molecular complexity index is 1540. The fraction of sp³-hybridized carbons (Fsp3) is 0.296. The minimum atomic E-state index is -2.78. The van der Waals surface area contributed by atoms with Gasteiger partial charge >= 0.3 is 5.97 Å². The van der Waals surface area contributed by atoms with Gasteiger partial charge in [-0.1, -0.05) is 6.07 Å². The third-order valence-electron chi connectivity index (χ3n) is 7.89. The summed E-state index contributed by atoms with van der Waals surface area (Å²) in [5, 5.41) is 54.6. The molecular weight excluding hydrogens is 510 g/mol. The molecule has 0 saturated heterocycles. The van der Waals surface area contributed by atoms with Crippen LogP contribution < -0.4 is 5.73 Å². The van der Waals surface area contributed by atoms with E-state index in [9.17, 15) is 44.7 Å². The topological polar surface area (TPSA) is 212 Å². The molecule has 1 aromatic heterocycles. The minimum absolute atomic E-state index is 0.00784. The summed E-state index contributed by atoms with van der Waals surface area (Å²) < 4.78 is 0. The Hall–Kier alpha value is -4.55. The van der Waals surface area contributed by atoms with E-state index in [-0.39, 0.29) is 24.0 Å². The highest BCUT2D eigenvalue weighted by Gasteiger charge is 2.64. The number of carbonyl (C=O) groups excluding carboxylic acids is 3. The maximum atomic E-state index is 13.9. The SMILES string of the molecule is CN(C)[C@@H]1C(=O)C(C(N)=O)=C(O)[C@@]2(O)C(=O)C3=C(O)c4c(O)c(C(=O)O)cc(-c5ccccn5)c4C[C@H]3C[C@@H]12. The van der Waals surface area contributed by atoms with Gasteiger partial charge in [0.05, 0.1) is 17.3 Å². The molecule has 12 nitrogen and oxygen atoms in total. The van der Waals surface area contributed by atoms with Crippen molar-refractivity contribution < 1.29 is 44.7 Å². The number of aromatic nitrogens is 1. The average Bonchev–Trinajstić information content (AvgIpc) is 2.86. The number of carboxylic acid groups (broad SMARTS) is 1. The number of rotatable bonds is 4. The monoisotopic (exact) mass is 535 g/mol. The van der Waals surface area contributed by atoms with E-state index in [0.717, 1.165) is 0 Å². The van der Waals surface area contributed by atoms with E-state index in [1.807, 2.05) is 0 Å². The van der Waals surface area contributed by atoms with E-state index in [1.54, 1.807) is 18.2 Å². The van der Waals surface area contributed by atoms with Gasteiger partial charge < -0.3 is 31.3 Å². The number of fused-ring (bicyclic) bond motifs is 3. The predicted molar refractivity (Wildman–Crippen MR) is 134 cm³/mol. The number of nitrogens with two attached hydrogens (primary N) is 1. The molecule has 3 aliphatic carbocycles. The Labute approximate surface area is 221 Å². The number of nitrogens with zero attached hydrogens (tertiary/aromatic N) is 2. The second-order valence-electron chi connectivity index (χ2n) is 10.2. The highest BCUT2D eigenvalue weighted by atomic mass is 16.4. The first-order valence-electron chi connectivity index (χ1n) is 12.0. The zero-order valence-corrected chi connectivity index (χ0v) is 20.9. The number of carbonyl (C=O) groups is 4. The zero-order valence-electron chi connectivity index (χ0n) is 20.9. The molecule has 3 aliphatic rings. The van der Waals surface area contributed by atoms with Crippen LogP contribution in [0.15, 0.2) is 47.4 Å². The first-order chi connectivity index (χ1) is 18.3. The van der Waals surface area contributed by atoms with E-state index in [1.165, 1.54) is 31.3 Å². The van der Waals surface area contributed by atoms with Crippen LogP contribution in [0.4, 0.5) is 0 Å². The van der Waals surface area contributed by atoms with Gasteiger partial charge in [0.1, 0.15) is 28.4 Å². The number of benzene rings is 1. The van der Waals surface area contributed by atoms with Gasteiger partial charge in [-0.3, -0.25) is 24.3 Å². The molecule has 202 valence electrons. The second-order valence-corrected chi connectivity index (χ2v) is 10.2. The lowest BCUT2D eigenvalue weighted by Crippen LogP contribution is -2.65. The largest absolute Gasteiger partial charge is 0.508 e. The maximum Gasteiger partial charge on any atom is 0.339 e. The van der Waals surface area contributed by atoms with E-state index in [2.05, 4.69) is 4.98 Å². The number of hydrogen-bond acceptors (Lipinski definition) is 10. The van der Waals surface area contributed by atoms with Crippen LogP contribution in [0, 0.1) is 11.8 Å². The average molecular weight is 536 g/mol. The molecule has 1 amide bonds. The lowest BCUT2D eigenvalue weighted by molar-refractivity contribution is -0.153. The third kappa shape index (κ3) is 3.48. The van der Waals surface area contributed by atoms with Gasteiger partial charge in [-0.05, 0) is 56.6 Å². The van der Waals surface area contributed by atoms with Gasteiger partial charge in [0.2, 0.25) is 5.78 Å². The molecule has 1 saturated carbocycles. The second kappa shape index (κ2) is 8.75. The number of carboxylic acids is 1. The van der Waals surface area contributed by atoms with Crippen molar-refractivity contribution in [1.29, 1.82) is 0 Å². The Morgan fingerprint density at radius 1 is 1.15 bits per heavy atom. The van der Waals surface area contributed by atoms with Gasteiger partial charge in [0.15, 0.2) is 11.4 Å². The molecular formula is C27H25N3O9. The number of phenols is 1. The Morgan fingerprint density at radius 2 is 1.85 bits per heavy atom. The standard InChI is InChI=1S/C27H25N3O9/c1-30(2)19-14-8-10-7-12-11(15-5-3-4-6-29-15)9-13(26(37)38)20(31)17(12)21(32)16(10)23(34)27(14,39)24(35)18(22(19)33)25(28)36/h3-6,9-10,14,19,31-32,35,39H,7-8H2,1-2H3,(H2,28,36)(H,37,38)/t10-,14-,19-,27-/m0/s1. The molecule has 39 heavy (non-hydrogen) atoms. The summed E-state index contributed by atoms with van der Waals surface area (Å²) in [4.78, 5) is 56.8. The molecule has 1 heterocycles. The summed E-state index contributed by atoms with van der Waals surface area (Å²) in [5.74, 6) is -9.63. The van der Waals surface area contributed by atoms with Crippen LogP contribution in [-0.4, -0.2) is 84.6 Å². The van der Waals surface area contributed by atoms with Crippen LogP contribution >= 0.6 is 0 Å². The molecule has 0 radical (unpaired) electrons. The van der Waals surface area contributed by atoms with E-state index in [4.69, 9.17) is 5.73 Å². The molecule has 0 unspecified atom stereocenters. The summed E-state index contributed by atoms with van der Waals surface area (Å²) >= 11 is 0. The van der Waals surface area contributed by atoms with Crippen molar-refractivity contribution in [2.75, 3.05) is 14.1 Å². The number of aromatic hydroxyl groups is 1. The maximum absolute atomic E-state index is 13.9. The lowest BCUT2D eigenvalue weighted by atomic mass is 9.57. The molecule has 5 rings (SSSR count). The lowest BCUT2D eigenvalue weighted by Gasteiger charge is -2.50. The normalized spacial score (nSPS) is 26.3. The van der Waals surface area contributed by atoms with Gasteiger partial charge in [-0.15, -0.1) is 0 Å². The molecule has 7 N–H and O–H groups in total. The van der Waals surface area contributed by atoms with E-state index < -0.39 is 75.3 Å². The van der Waals surface area contributed by atoms with Crippen molar-refractivity contribution in [2.24, 2.45) is 17.6 Å². The highest BCUT2D eigenvalue weighted by Crippen LogP contribution is 2.54. The summed E-state index contributed by atoms with van der Waals surface area (Å²) in [6.45, 7) is 0. The summed E-state index contributed by atoms with van der Waals surface area (Å²) in [6, 6.07) is 4.98. The van der Waals surface area contributed by atoms with Crippen LogP contribution in [0.3, 0.4) is 0 Å². The number of aliphatic hydroxyl groups is 3. The van der Waals surface area contributed by atoms with Crippen LogP contribution in [0.2, 0.25) is 0 Å². The zero-order chi connectivity index (χ0) is 28.5. The van der Waals surface area contributed by atoms with Crippen LogP contribution in [0.25, 0.3) is 17.0 Å². The summed E-state index contributed by atoms with van der Waals surface area (Å²) in [7, 11) is 3.02. The smallest absolute Gasteiger partial charge is 0.339 e. The quantitative estimate of drug-likeness (QED) is 0.300. The first-order valence-corrected chi connectivity index (χ1v) is 12.0. The van der Waals surface area contributed by atoms with Crippen molar-refractivity contribution in [3.05, 3.63) is 64.1 Å². The third-order valence-corrected chi connectivity index (χ3v) is 7.89. The van der Waals surface area contributed by atoms with Crippen LogP contribution in [0.5, 0.6) is 5.75 Å². The molecule has 1 fully saturated rings. The number of pyridine rings is 1. The number of primary amides is 1. The number of likely N-dealkylation sites (N-methyl/N-ethyl adjacent to an activating group) is 1. The van der Waals surface area contributed by atoms with Crippen LogP contribution in [0.1, 0.15) is 27.9 Å². The minimum Gasteiger partial charge on any atom is -0.508 e. The fourth-order valence-electron chi connectivity index (χ4n) is 6.23. The first kappa shape index (κ1) is 26.1. The number of aliphatic hydroxyl groups excluding tert-OH is 2. The van der Waals surface area contributed by atoms with Gasteiger partial charge in [-0.25, -0.2) is 4.79 Å². The molecule has 0 aliphatic heterocycles. The number of Topliss-reactive ketones (excluding diaryl/α,β-unsaturated/α-hetero) is 2. The van der Waals surface area contributed by atoms with Gasteiger partial charge in [0, 0.05) is 23.3 Å². The highest BCUT2D eigenvalue weighted by molar-refractivity contribution is 6.24. The molecule has 0 spiro atoms. The fourth-order valence-corrected chi connectivity index (χ4v) is 6.23. The number of ketones is 2. The number of amides is 1. The summed E-state index contributed by atoms with van der Waals surface area (Å²) in [5.41, 5.74) is 1.38. The van der Waals surface area contributed by atoms with Crippen molar-refractivity contribution in [3.63, 3.8) is 0 Å². The number of aromatic carboxylic acids is 1. The van der Waals surface area contributed by atoms with E-state index >= 15 is 0 Å². The summed E-state index contributed by atoms with van der Waals surface area (Å²) in [6.07, 6.45) is 1.41. The predicted octanol–water partition coefficient (Wildman–Crippen LogP) is 0.724. The number of hydrogen-bond donors (Lipinski definition) is 6. The van der Waals surface area contributed by atoms with Crippen LogP contribution in [-0.2, 0) is 20.8 Å². The van der Waals surface area contributed by atoms with Crippen molar-refractivity contribution in [3.8, 4) is 17.0 Å². The van der Waals surface area contributed by atoms with Crippen molar-refractivity contribution >= 4 is 29.2 Å². The molecule has 4 atom stereocenters. The molecule has 1 aromatic carbocycles. The molecule has 12 heteroatoms. The Morgan fingerprint density at radius 3 is 2.41 bits per heavy atom. The van der Waals surface area contributed by atoms with Crippen molar-refractivity contribution in [2.45, 2.75) is 24.5 Å². The van der Waals surface area contributed by atoms with Gasteiger partial charge in [0.25, 0.3) is 5.91 Å². The molecule has 2 aromatic rings. The Kier molecular flexibility index (Phi) is 5.85. The van der Waals surface area contributed by atoms with Crippen molar-refractivity contribution in [1.82, 2.24) is 9.88 Å². The Balaban J connectivity index is 1.80. The van der Waals surface area contributed by atoms with Gasteiger partial charge in [-0.2, -0.15) is 0 Å². The van der Waals surface area contributed by atoms with E-state index in [0.29, 0.717) is 16.8 Å². The molecule has 0 bridgehead atoms.